The lowest BCUT2D eigenvalue weighted by molar-refractivity contribution is -0.00358. The van der Waals surface area contributed by atoms with Gasteiger partial charge in [-0.1, -0.05) is 12.1 Å². The van der Waals surface area contributed by atoms with Crippen LogP contribution in [0.5, 0.6) is 5.75 Å². The van der Waals surface area contributed by atoms with Crippen LogP contribution < -0.4 is 4.74 Å². The van der Waals surface area contributed by atoms with Crippen LogP contribution >= 0.6 is 0 Å². The van der Waals surface area contributed by atoms with E-state index in [0.717, 1.165) is 38.6 Å². The van der Waals surface area contributed by atoms with Crippen molar-refractivity contribution in [1.29, 1.82) is 0 Å². The molecule has 0 aromatic heterocycles. The van der Waals surface area contributed by atoms with Crippen molar-refractivity contribution >= 4 is 0 Å². The summed E-state index contributed by atoms with van der Waals surface area (Å²) in [5.41, 5.74) is 1.34. The highest BCUT2D eigenvalue weighted by Crippen LogP contribution is 2.20. The Labute approximate surface area is 127 Å². The number of ether oxygens (including phenoxy) is 2. The van der Waals surface area contributed by atoms with Crippen LogP contribution in [-0.2, 0) is 11.3 Å². The molecule has 1 atom stereocenters. The normalized spacial score (nSPS) is 24.9. The number of hydrogen-bond donors (Lipinski definition) is 0. The molecule has 4 nitrogen and oxygen atoms in total. The summed E-state index contributed by atoms with van der Waals surface area (Å²) in [7, 11) is 1.73. The number of hydrogen-bond acceptors (Lipinski definition) is 4. The molecule has 0 amide bonds. The molecule has 1 unspecified atom stereocenters. The van der Waals surface area contributed by atoms with Gasteiger partial charge in [0.1, 0.15) is 5.75 Å². The van der Waals surface area contributed by atoms with Gasteiger partial charge >= 0.3 is 0 Å². The zero-order chi connectivity index (χ0) is 14.5. The molecule has 21 heavy (non-hydrogen) atoms. The van der Waals surface area contributed by atoms with Gasteiger partial charge < -0.3 is 9.47 Å². The van der Waals surface area contributed by atoms with E-state index in [1.165, 1.54) is 31.5 Å². The Morgan fingerprint density at radius 1 is 1.24 bits per heavy atom. The van der Waals surface area contributed by atoms with Gasteiger partial charge in [0.15, 0.2) is 0 Å². The number of nitrogens with zero attached hydrogens (tertiary/aromatic N) is 2. The molecule has 0 radical (unpaired) electrons. The summed E-state index contributed by atoms with van der Waals surface area (Å²) in [5.74, 6) is 0.953. The quantitative estimate of drug-likeness (QED) is 0.847. The van der Waals surface area contributed by atoms with E-state index >= 15 is 0 Å². The van der Waals surface area contributed by atoms with Crippen LogP contribution in [0.25, 0.3) is 0 Å². The lowest BCUT2D eigenvalue weighted by atomic mass is 10.0. The largest absolute Gasteiger partial charge is 0.497 e. The maximum atomic E-state index is 5.47. The molecule has 0 spiro atoms. The Morgan fingerprint density at radius 2 is 2.10 bits per heavy atom. The molecule has 1 aromatic rings. The van der Waals surface area contributed by atoms with E-state index < -0.39 is 0 Å². The molecule has 116 valence electrons. The van der Waals surface area contributed by atoms with E-state index in [1.807, 2.05) is 6.07 Å². The summed E-state index contributed by atoms with van der Waals surface area (Å²) < 4.78 is 10.8. The van der Waals surface area contributed by atoms with Crippen LogP contribution in [-0.4, -0.2) is 62.3 Å². The van der Waals surface area contributed by atoms with E-state index in [-0.39, 0.29) is 0 Å². The smallest absolute Gasteiger partial charge is 0.119 e. The molecular formula is C17H26N2O2. The maximum Gasteiger partial charge on any atom is 0.119 e. The number of morpholine rings is 1. The fourth-order valence-electron chi connectivity index (χ4n) is 3.44. The molecule has 2 aliphatic rings. The summed E-state index contributed by atoms with van der Waals surface area (Å²) in [6, 6.07) is 9.14. The number of piperidine rings is 1. The first-order valence-electron chi connectivity index (χ1n) is 8.02. The van der Waals surface area contributed by atoms with E-state index in [9.17, 15) is 0 Å². The van der Waals surface area contributed by atoms with E-state index in [1.54, 1.807) is 7.11 Å². The summed E-state index contributed by atoms with van der Waals surface area (Å²) in [6.45, 7) is 7.39. The van der Waals surface area contributed by atoms with Crippen molar-refractivity contribution in [1.82, 2.24) is 9.80 Å². The number of rotatable bonds is 4. The van der Waals surface area contributed by atoms with Crippen LogP contribution in [0.3, 0.4) is 0 Å². The second kappa shape index (κ2) is 7.25. The van der Waals surface area contributed by atoms with Gasteiger partial charge in [-0.2, -0.15) is 0 Å². The van der Waals surface area contributed by atoms with E-state index in [0.29, 0.717) is 6.04 Å². The number of benzene rings is 1. The van der Waals surface area contributed by atoms with Crippen molar-refractivity contribution in [2.45, 2.75) is 25.4 Å². The van der Waals surface area contributed by atoms with Crippen molar-refractivity contribution in [3.63, 3.8) is 0 Å². The zero-order valence-corrected chi connectivity index (χ0v) is 13.0. The van der Waals surface area contributed by atoms with Crippen LogP contribution in [0.4, 0.5) is 0 Å². The van der Waals surface area contributed by atoms with Gasteiger partial charge in [-0.05, 0) is 37.1 Å². The molecule has 0 N–H and O–H groups in total. The summed E-state index contributed by atoms with van der Waals surface area (Å²) in [4.78, 5) is 5.19. The first-order valence-corrected chi connectivity index (χ1v) is 8.02. The third-order valence-electron chi connectivity index (χ3n) is 4.58. The molecule has 4 heteroatoms. The lowest BCUT2D eigenvalue weighted by Gasteiger charge is -2.41. The van der Waals surface area contributed by atoms with E-state index in [2.05, 4.69) is 28.0 Å². The Kier molecular flexibility index (Phi) is 5.12. The zero-order valence-electron chi connectivity index (χ0n) is 13.0. The second-order valence-corrected chi connectivity index (χ2v) is 6.03. The molecule has 2 heterocycles. The highest BCUT2D eigenvalue weighted by molar-refractivity contribution is 5.28. The molecule has 1 aromatic carbocycles. The standard InChI is InChI=1S/C17H26N2O2/c1-20-17-6-2-4-15(12-17)13-18-7-3-5-16(14-18)19-8-10-21-11-9-19/h2,4,6,12,16H,3,5,7-11,13-14H2,1H3. The van der Waals surface area contributed by atoms with Gasteiger partial charge in [-0.3, -0.25) is 9.80 Å². The van der Waals surface area contributed by atoms with Crippen molar-refractivity contribution in [3.05, 3.63) is 29.8 Å². The lowest BCUT2D eigenvalue weighted by Crippen LogP contribution is -2.51. The Bertz CT molecular complexity index is 446. The molecule has 3 rings (SSSR count). The van der Waals surface area contributed by atoms with Crippen LogP contribution in [0.2, 0.25) is 0 Å². The van der Waals surface area contributed by atoms with Gasteiger partial charge in [0.2, 0.25) is 0 Å². The Hall–Kier alpha value is -1.10. The van der Waals surface area contributed by atoms with Gasteiger partial charge in [-0.15, -0.1) is 0 Å². The van der Waals surface area contributed by atoms with Gasteiger partial charge in [0.25, 0.3) is 0 Å². The molecule has 2 saturated heterocycles. The molecule has 2 aliphatic heterocycles. The van der Waals surface area contributed by atoms with Gasteiger partial charge in [0.05, 0.1) is 20.3 Å². The van der Waals surface area contributed by atoms with Crippen molar-refractivity contribution in [2.75, 3.05) is 46.5 Å². The summed E-state index contributed by atoms with van der Waals surface area (Å²) in [5, 5.41) is 0. The average molecular weight is 290 g/mol. The third kappa shape index (κ3) is 3.96. The minimum absolute atomic E-state index is 0.702. The highest BCUT2D eigenvalue weighted by atomic mass is 16.5. The number of methoxy groups -OCH3 is 1. The van der Waals surface area contributed by atoms with Crippen LogP contribution in [0.1, 0.15) is 18.4 Å². The molecule has 0 aliphatic carbocycles. The predicted octanol–water partition coefficient (Wildman–Crippen LogP) is 1.99. The first kappa shape index (κ1) is 14.8. The molecule has 0 saturated carbocycles. The fourth-order valence-corrected chi connectivity index (χ4v) is 3.44. The van der Waals surface area contributed by atoms with Crippen molar-refractivity contribution < 1.29 is 9.47 Å². The number of likely N-dealkylation sites (tertiary alicyclic amines) is 1. The predicted molar refractivity (Wildman–Crippen MR) is 83.7 cm³/mol. The average Bonchev–Trinajstić information content (AvgIpc) is 2.56. The highest BCUT2D eigenvalue weighted by Gasteiger charge is 2.26. The van der Waals surface area contributed by atoms with Gasteiger partial charge in [-0.25, -0.2) is 0 Å². The van der Waals surface area contributed by atoms with Crippen molar-refractivity contribution in [3.8, 4) is 5.75 Å². The minimum atomic E-state index is 0.702. The Balaban J connectivity index is 1.57. The second-order valence-electron chi connectivity index (χ2n) is 6.03. The first-order chi connectivity index (χ1) is 10.3. The molecule has 0 bridgehead atoms. The minimum Gasteiger partial charge on any atom is -0.497 e. The molecular weight excluding hydrogens is 264 g/mol. The SMILES string of the molecule is COc1cccc(CN2CCCC(N3CCOCC3)C2)c1. The molecule has 2 fully saturated rings. The Morgan fingerprint density at radius 3 is 2.90 bits per heavy atom. The van der Waals surface area contributed by atoms with Gasteiger partial charge in [0, 0.05) is 32.2 Å². The van der Waals surface area contributed by atoms with Crippen LogP contribution in [0, 0.1) is 0 Å². The maximum absolute atomic E-state index is 5.47. The third-order valence-corrected chi connectivity index (χ3v) is 4.58. The van der Waals surface area contributed by atoms with Crippen LogP contribution in [0.15, 0.2) is 24.3 Å². The van der Waals surface area contributed by atoms with E-state index in [4.69, 9.17) is 9.47 Å². The fraction of sp³-hybridized carbons (Fsp3) is 0.647. The summed E-state index contributed by atoms with van der Waals surface area (Å²) >= 11 is 0. The summed E-state index contributed by atoms with van der Waals surface area (Å²) in [6.07, 6.45) is 2.63. The monoisotopic (exact) mass is 290 g/mol. The topological polar surface area (TPSA) is 24.9 Å². The van der Waals surface area contributed by atoms with Crippen molar-refractivity contribution in [2.24, 2.45) is 0 Å².